The molecule has 0 aromatic heterocycles. The molecule has 0 heterocycles. The van der Waals surface area contributed by atoms with Crippen molar-refractivity contribution < 1.29 is 13.9 Å². The lowest BCUT2D eigenvalue weighted by atomic mass is 10.4. The third-order valence-electron chi connectivity index (χ3n) is 2.14. The van der Waals surface area contributed by atoms with Gasteiger partial charge in [0.1, 0.15) is 0 Å². The Bertz CT molecular complexity index is 148. The van der Waals surface area contributed by atoms with Gasteiger partial charge in [0.25, 0.3) is 0 Å². The summed E-state index contributed by atoms with van der Waals surface area (Å²) in [5.41, 5.74) is 0. The number of hydrogen-bond acceptors (Lipinski definition) is 5. The van der Waals surface area contributed by atoms with E-state index in [4.69, 9.17) is 9.05 Å². The summed E-state index contributed by atoms with van der Waals surface area (Å²) in [7, 11) is -1.66. The van der Waals surface area contributed by atoms with E-state index in [1.165, 1.54) is 37.2 Å². The van der Waals surface area contributed by atoms with Crippen LogP contribution in [0.3, 0.4) is 0 Å². The summed E-state index contributed by atoms with van der Waals surface area (Å²) in [5.74, 6) is 4.23. The maximum absolute atomic E-state index is 9.46. The van der Waals surface area contributed by atoms with E-state index in [0.717, 1.165) is 11.5 Å². The fourth-order valence-electron chi connectivity index (χ4n) is 1.08. The topological polar surface area (TPSA) is 38.7 Å². The minimum atomic E-state index is -1.66. The molecule has 0 aromatic rings. The monoisotopic (exact) mass is 314 g/mol. The lowest BCUT2D eigenvalue weighted by Gasteiger charge is -2.10. The van der Waals surface area contributed by atoms with Gasteiger partial charge in [-0.25, -0.2) is 0 Å². The van der Waals surface area contributed by atoms with E-state index in [1.54, 1.807) is 0 Å². The normalized spacial score (nSPS) is 11.3. The van der Waals surface area contributed by atoms with Crippen molar-refractivity contribution in [3.63, 3.8) is 0 Å². The Hall–Kier alpha value is 1.01. The fourth-order valence-corrected chi connectivity index (χ4v) is 3.70. The van der Waals surface area contributed by atoms with Gasteiger partial charge in [-0.05, 0) is 24.3 Å². The standard InChI is InChI=1S/C12H27O3PS2/c1-3-5-9-17-11-7-14-16(13)15-8-12-18-10-6-4-2/h13H,3-12H2,1-2H3. The predicted molar refractivity (Wildman–Crippen MR) is 85.5 cm³/mol. The van der Waals surface area contributed by atoms with Crippen LogP contribution in [0.1, 0.15) is 39.5 Å². The molecule has 0 saturated carbocycles. The van der Waals surface area contributed by atoms with Crippen LogP contribution in [-0.4, -0.2) is 41.1 Å². The van der Waals surface area contributed by atoms with Gasteiger partial charge < -0.3 is 13.9 Å². The molecule has 0 unspecified atom stereocenters. The molecule has 0 saturated heterocycles. The molecule has 0 bridgehead atoms. The fraction of sp³-hybridized carbons (Fsp3) is 1.00. The van der Waals surface area contributed by atoms with Gasteiger partial charge >= 0.3 is 8.60 Å². The Labute approximate surface area is 122 Å². The first-order valence-electron chi connectivity index (χ1n) is 6.71. The lowest BCUT2D eigenvalue weighted by molar-refractivity contribution is 0.218. The average Bonchev–Trinajstić information content (AvgIpc) is 2.38. The summed E-state index contributed by atoms with van der Waals surface area (Å²) in [6.07, 6.45) is 4.98. The highest BCUT2D eigenvalue weighted by Crippen LogP contribution is 2.32. The molecule has 3 nitrogen and oxygen atoms in total. The molecule has 0 amide bonds. The molecule has 0 radical (unpaired) electrons. The second kappa shape index (κ2) is 16.1. The third kappa shape index (κ3) is 15.1. The second-order valence-electron chi connectivity index (χ2n) is 3.84. The average molecular weight is 314 g/mol. The summed E-state index contributed by atoms with van der Waals surface area (Å²) >= 11 is 3.74. The maximum atomic E-state index is 9.46. The van der Waals surface area contributed by atoms with Crippen molar-refractivity contribution in [1.29, 1.82) is 0 Å². The van der Waals surface area contributed by atoms with E-state index in [9.17, 15) is 4.89 Å². The summed E-state index contributed by atoms with van der Waals surface area (Å²) in [6.45, 7) is 5.55. The molecular weight excluding hydrogens is 287 g/mol. The van der Waals surface area contributed by atoms with Gasteiger partial charge in [0.15, 0.2) is 0 Å². The van der Waals surface area contributed by atoms with Crippen LogP contribution >= 0.6 is 32.1 Å². The van der Waals surface area contributed by atoms with Crippen LogP contribution in [0.25, 0.3) is 0 Å². The van der Waals surface area contributed by atoms with Crippen molar-refractivity contribution >= 4 is 32.1 Å². The van der Waals surface area contributed by atoms with E-state index < -0.39 is 8.60 Å². The largest absolute Gasteiger partial charge is 0.329 e. The van der Waals surface area contributed by atoms with Crippen LogP contribution in [0.2, 0.25) is 0 Å². The molecule has 110 valence electrons. The van der Waals surface area contributed by atoms with Gasteiger partial charge in [-0.1, -0.05) is 26.7 Å². The Morgan fingerprint density at radius 1 is 0.833 bits per heavy atom. The van der Waals surface area contributed by atoms with E-state index >= 15 is 0 Å². The minimum absolute atomic E-state index is 0.583. The summed E-state index contributed by atoms with van der Waals surface area (Å²) in [4.78, 5) is 9.46. The number of rotatable bonds is 14. The zero-order valence-corrected chi connectivity index (χ0v) is 14.1. The van der Waals surface area contributed by atoms with Crippen molar-refractivity contribution in [2.24, 2.45) is 0 Å². The van der Waals surface area contributed by atoms with Crippen molar-refractivity contribution in [2.75, 3.05) is 36.2 Å². The van der Waals surface area contributed by atoms with Crippen LogP contribution in [0.4, 0.5) is 0 Å². The summed E-state index contributed by atoms with van der Waals surface area (Å²) < 4.78 is 10.4. The number of hydrogen-bond donors (Lipinski definition) is 1. The zero-order chi connectivity index (χ0) is 13.5. The molecular formula is C12H27O3PS2. The Morgan fingerprint density at radius 3 is 1.67 bits per heavy atom. The first-order chi connectivity index (χ1) is 8.81. The SMILES string of the molecule is CCCCSCCOP(O)OCCSCCCC. The van der Waals surface area contributed by atoms with Gasteiger partial charge in [-0.3, -0.25) is 0 Å². The molecule has 0 aliphatic rings. The first kappa shape index (κ1) is 19.0. The summed E-state index contributed by atoms with van der Waals surface area (Å²) in [6, 6.07) is 0. The molecule has 0 spiro atoms. The van der Waals surface area contributed by atoms with Gasteiger partial charge in [0.05, 0.1) is 13.2 Å². The van der Waals surface area contributed by atoms with E-state index in [-0.39, 0.29) is 0 Å². The molecule has 0 rings (SSSR count). The van der Waals surface area contributed by atoms with Gasteiger partial charge in [-0.2, -0.15) is 23.5 Å². The summed E-state index contributed by atoms with van der Waals surface area (Å²) in [5, 5.41) is 0. The lowest BCUT2D eigenvalue weighted by Crippen LogP contribution is -1.99. The molecule has 0 fully saturated rings. The van der Waals surface area contributed by atoms with Gasteiger partial charge in [0, 0.05) is 11.5 Å². The molecule has 0 aliphatic carbocycles. The third-order valence-corrected chi connectivity index (χ3v) is 5.02. The Morgan fingerprint density at radius 2 is 1.28 bits per heavy atom. The molecule has 18 heavy (non-hydrogen) atoms. The zero-order valence-electron chi connectivity index (χ0n) is 11.6. The molecule has 0 aromatic carbocycles. The molecule has 6 heteroatoms. The first-order valence-corrected chi connectivity index (χ1v) is 10.2. The van der Waals surface area contributed by atoms with Crippen LogP contribution in [0, 0.1) is 0 Å². The predicted octanol–water partition coefficient (Wildman–Crippen LogP) is 4.31. The van der Waals surface area contributed by atoms with Gasteiger partial charge in [-0.15, -0.1) is 0 Å². The van der Waals surface area contributed by atoms with Crippen molar-refractivity contribution in [3.05, 3.63) is 0 Å². The maximum Gasteiger partial charge on any atom is 0.329 e. The number of thioether (sulfide) groups is 2. The molecule has 0 aliphatic heterocycles. The Balaban J connectivity index is 3.10. The van der Waals surface area contributed by atoms with Crippen molar-refractivity contribution in [1.82, 2.24) is 0 Å². The van der Waals surface area contributed by atoms with Gasteiger partial charge in [0.2, 0.25) is 0 Å². The van der Waals surface area contributed by atoms with Crippen LogP contribution in [0.5, 0.6) is 0 Å². The second-order valence-corrected chi connectivity index (χ2v) is 7.28. The quantitative estimate of drug-likeness (QED) is 0.382. The molecule has 1 N–H and O–H groups in total. The molecule has 0 atom stereocenters. The highest BCUT2D eigenvalue weighted by atomic mass is 32.2. The van der Waals surface area contributed by atoms with E-state index in [0.29, 0.717) is 13.2 Å². The van der Waals surface area contributed by atoms with Crippen LogP contribution in [0.15, 0.2) is 0 Å². The van der Waals surface area contributed by atoms with Crippen molar-refractivity contribution in [2.45, 2.75) is 39.5 Å². The van der Waals surface area contributed by atoms with E-state index in [1.807, 2.05) is 23.5 Å². The highest BCUT2D eigenvalue weighted by molar-refractivity contribution is 7.99. The van der Waals surface area contributed by atoms with E-state index in [2.05, 4.69) is 13.8 Å². The number of unbranched alkanes of at least 4 members (excludes halogenated alkanes) is 2. The van der Waals surface area contributed by atoms with Crippen LogP contribution in [-0.2, 0) is 9.05 Å². The van der Waals surface area contributed by atoms with Crippen molar-refractivity contribution in [3.8, 4) is 0 Å². The smallest absolute Gasteiger partial charge is 0.328 e. The van der Waals surface area contributed by atoms with Crippen LogP contribution < -0.4 is 0 Å². The minimum Gasteiger partial charge on any atom is -0.328 e. The highest BCUT2D eigenvalue weighted by Gasteiger charge is 2.05. The Kier molecular flexibility index (Phi) is 17.0.